The third kappa shape index (κ3) is 4.25. The molecular weight excluding hydrogens is 448 g/mol. The fraction of sp³-hybridized carbons (Fsp3) is 0.318. The van der Waals surface area contributed by atoms with Crippen LogP contribution in [-0.4, -0.2) is 45.9 Å². The molecule has 0 spiro atoms. The summed E-state index contributed by atoms with van der Waals surface area (Å²) >= 11 is 1.56. The van der Waals surface area contributed by atoms with Gasteiger partial charge in [-0.15, -0.1) is 11.3 Å². The van der Waals surface area contributed by atoms with Crippen LogP contribution in [0.2, 0.25) is 0 Å². The normalized spacial score (nSPS) is 13.4. The summed E-state index contributed by atoms with van der Waals surface area (Å²) in [5, 5.41) is 13.4. The van der Waals surface area contributed by atoms with Gasteiger partial charge in [-0.1, -0.05) is 0 Å². The number of rotatable bonds is 6. The van der Waals surface area contributed by atoms with Gasteiger partial charge in [0.1, 0.15) is 29.4 Å². The SMILES string of the molecule is C[C@@H](O)COc1cc2ncnc(Nc3ccc4scnc4c3)c2cc1S(=O)(=O)C(C)(C)C. The molecule has 0 aliphatic carbocycles. The van der Waals surface area contributed by atoms with Crippen molar-refractivity contribution in [2.45, 2.75) is 43.4 Å². The largest absolute Gasteiger partial charge is 0.489 e. The smallest absolute Gasteiger partial charge is 0.186 e. The second-order valence-corrected chi connectivity index (χ2v) is 12.0. The lowest BCUT2D eigenvalue weighted by molar-refractivity contribution is 0.121. The molecule has 0 amide bonds. The van der Waals surface area contributed by atoms with Crippen molar-refractivity contribution in [3.8, 4) is 5.75 Å². The Morgan fingerprint density at radius 2 is 1.91 bits per heavy atom. The molecule has 168 valence electrons. The lowest BCUT2D eigenvalue weighted by Gasteiger charge is -2.22. The molecule has 8 nitrogen and oxygen atoms in total. The van der Waals surface area contributed by atoms with Crippen LogP contribution in [0.3, 0.4) is 0 Å². The summed E-state index contributed by atoms with van der Waals surface area (Å²) in [4.78, 5) is 13.0. The average molecular weight is 473 g/mol. The maximum absolute atomic E-state index is 13.3. The number of benzene rings is 2. The van der Waals surface area contributed by atoms with Crippen molar-refractivity contribution in [1.82, 2.24) is 15.0 Å². The molecule has 0 aliphatic heterocycles. The van der Waals surface area contributed by atoms with E-state index in [-0.39, 0.29) is 17.3 Å². The first-order chi connectivity index (χ1) is 15.1. The van der Waals surface area contributed by atoms with Gasteiger partial charge in [0, 0.05) is 17.1 Å². The summed E-state index contributed by atoms with van der Waals surface area (Å²) in [6.07, 6.45) is 0.654. The summed E-state index contributed by atoms with van der Waals surface area (Å²) in [5.41, 5.74) is 3.94. The van der Waals surface area contributed by atoms with Crippen LogP contribution in [0, 0.1) is 0 Å². The highest BCUT2D eigenvalue weighted by molar-refractivity contribution is 7.92. The van der Waals surface area contributed by atoms with E-state index in [4.69, 9.17) is 4.74 Å². The topological polar surface area (TPSA) is 114 Å². The Balaban J connectivity index is 1.85. The molecule has 4 aromatic rings. The number of ether oxygens (including phenoxy) is 1. The van der Waals surface area contributed by atoms with E-state index in [0.29, 0.717) is 16.7 Å². The van der Waals surface area contributed by atoms with Gasteiger partial charge < -0.3 is 15.2 Å². The molecule has 2 aromatic carbocycles. The van der Waals surface area contributed by atoms with Crippen molar-refractivity contribution < 1.29 is 18.3 Å². The second kappa shape index (κ2) is 8.27. The Bertz CT molecular complexity index is 1390. The predicted molar refractivity (Wildman–Crippen MR) is 127 cm³/mol. The molecule has 2 N–H and O–H groups in total. The molecular formula is C22H24N4O4S2. The number of fused-ring (bicyclic) bond motifs is 2. The molecule has 0 fully saturated rings. The highest BCUT2D eigenvalue weighted by Crippen LogP contribution is 2.37. The van der Waals surface area contributed by atoms with E-state index in [0.717, 1.165) is 15.9 Å². The average Bonchev–Trinajstić information content (AvgIpc) is 3.19. The van der Waals surface area contributed by atoms with E-state index in [1.165, 1.54) is 12.4 Å². The van der Waals surface area contributed by atoms with Crippen molar-refractivity contribution >= 4 is 53.8 Å². The maximum atomic E-state index is 13.3. The zero-order valence-electron chi connectivity index (χ0n) is 18.2. The van der Waals surface area contributed by atoms with Gasteiger partial charge in [-0.05, 0) is 52.0 Å². The fourth-order valence-electron chi connectivity index (χ4n) is 3.10. The van der Waals surface area contributed by atoms with E-state index in [1.54, 1.807) is 50.6 Å². The summed E-state index contributed by atoms with van der Waals surface area (Å²) < 4.78 is 32.4. The highest BCUT2D eigenvalue weighted by Gasteiger charge is 2.34. The first-order valence-corrected chi connectivity index (χ1v) is 12.4. The van der Waals surface area contributed by atoms with Crippen molar-refractivity contribution in [3.63, 3.8) is 0 Å². The summed E-state index contributed by atoms with van der Waals surface area (Å²) in [6, 6.07) is 8.91. The van der Waals surface area contributed by atoms with Gasteiger partial charge in [0.2, 0.25) is 0 Å². The van der Waals surface area contributed by atoms with Crippen LogP contribution in [0.15, 0.2) is 47.1 Å². The van der Waals surface area contributed by atoms with Gasteiger partial charge >= 0.3 is 0 Å². The zero-order chi connectivity index (χ0) is 23.1. The Labute approximate surface area is 190 Å². The van der Waals surface area contributed by atoms with Crippen LogP contribution >= 0.6 is 11.3 Å². The van der Waals surface area contributed by atoms with Crippen LogP contribution in [0.1, 0.15) is 27.7 Å². The number of thiazole rings is 1. The molecule has 0 bridgehead atoms. The van der Waals surface area contributed by atoms with Crippen LogP contribution in [-0.2, 0) is 9.84 Å². The van der Waals surface area contributed by atoms with Gasteiger partial charge in [-0.3, -0.25) is 0 Å². The first-order valence-electron chi connectivity index (χ1n) is 10.0. The number of aromatic nitrogens is 3. The Kier molecular flexibility index (Phi) is 5.78. The number of hydrogen-bond acceptors (Lipinski definition) is 9. The minimum absolute atomic E-state index is 0.0333. The van der Waals surface area contributed by atoms with Crippen molar-refractivity contribution in [3.05, 3.63) is 42.2 Å². The van der Waals surface area contributed by atoms with Crippen LogP contribution in [0.25, 0.3) is 21.1 Å². The van der Waals surface area contributed by atoms with E-state index in [9.17, 15) is 13.5 Å². The standard InChI is InChI=1S/C22H24N4O4S2/c1-13(27)10-30-18-9-16-15(8-20(18)32(28,29)22(2,3)4)21(24-11-23-16)26-14-5-6-19-17(7-14)25-12-31-19/h5-9,11-13,27H,10H2,1-4H3,(H,23,24,26)/t13-/m1/s1. The number of hydrogen-bond donors (Lipinski definition) is 2. The number of anilines is 2. The van der Waals surface area contributed by atoms with Crippen LogP contribution < -0.4 is 10.1 Å². The number of nitrogens with one attached hydrogen (secondary N) is 1. The molecule has 0 unspecified atom stereocenters. The van der Waals surface area contributed by atoms with Crippen LogP contribution in [0.4, 0.5) is 11.5 Å². The van der Waals surface area contributed by atoms with E-state index < -0.39 is 20.7 Å². The summed E-state index contributed by atoms with van der Waals surface area (Å²) in [6.45, 7) is 6.43. The highest BCUT2D eigenvalue weighted by atomic mass is 32.2. The van der Waals surface area contributed by atoms with Gasteiger partial charge in [-0.2, -0.15) is 0 Å². The molecule has 0 radical (unpaired) electrons. The molecule has 0 saturated carbocycles. The molecule has 10 heteroatoms. The van der Waals surface area contributed by atoms with E-state index in [2.05, 4.69) is 20.3 Å². The first kappa shape index (κ1) is 22.4. The predicted octanol–water partition coefficient (Wildman–Crippen LogP) is 4.31. The Morgan fingerprint density at radius 1 is 1.12 bits per heavy atom. The minimum atomic E-state index is -3.76. The fourth-order valence-corrected chi connectivity index (χ4v) is 5.07. The molecule has 1 atom stereocenters. The Hall–Kier alpha value is -2.82. The second-order valence-electron chi connectivity index (χ2n) is 8.47. The van der Waals surface area contributed by atoms with Crippen molar-refractivity contribution in [2.24, 2.45) is 0 Å². The monoisotopic (exact) mass is 472 g/mol. The van der Waals surface area contributed by atoms with Gasteiger partial charge in [-0.25, -0.2) is 23.4 Å². The minimum Gasteiger partial charge on any atom is -0.489 e. The molecule has 2 aromatic heterocycles. The third-order valence-corrected chi connectivity index (χ3v) is 8.19. The summed E-state index contributed by atoms with van der Waals surface area (Å²) in [7, 11) is -3.76. The van der Waals surface area contributed by atoms with Crippen molar-refractivity contribution in [1.29, 1.82) is 0 Å². The van der Waals surface area contributed by atoms with Gasteiger partial charge in [0.15, 0.2) is 9.84 Å². The van der Waals surface area contributed by atoms with Crippen LogP contribution in [0.5, 0.6) is 5.75 Å². The number of sulfone groups is 1. The quantitative estimate of drug-likeness (QED) is 0.427. The van der Waals surface area contributed by atoms with E-state index >= 15 is 0 Å². The number of aliphatic hydroxyl groups excluding tert-OH is 1. The lowest BCUT2D eigenvalue weighted by Crippen LogP contribution is -2.28. The molecule has 2 heterocycles. The number of aliphatic hydroxyl groups is 1. The molecule has 0 saturated heterocycles. The molecule has 0 aliphatic rings. The molecule has 4 rings (SSSR count). The van der Waals surface area contributed by atoms with E-state index in [1.807, 2.05) is 18.2 Å². The zero-order valence-corrected chi connectivity index (χ0v) is 19.8. The maximum Gasteiger partial charge on any atom is 0.186 e. The summed E-state index contributed by atoms with van der Waals surface area (Å²) in [5.74, 6) is 0.624. The van der Waals surface area contributed by atoms with Gasteiger partial charge in [0.05, 0.1) is 32.1 Å². The Morgan fingerprint density at radius 3 is 2.62 bits per heavy atom. The lowest BCUT2D eigenvalue weighted by atomic mass is 10.2. The number of nitrogens with zero attached hydrogens (tertiary/aromatic N) is 3. The van der Waals surface area contributed by atoms with Crippen molar-refractivity contribution in [2.75, 3.05) is 11.9 Å². The molecule has 32 heavy (non-hydrogen) atoms. The van der Waals surface area contributed by atoms with Gasteiger partial charge in [0.25, 0.3) is 0 Å². The third-order valence-electron chi connectivity index (χ3n) is 4.87.